The van der Waals surface area contributed by atoms with E-state index in [9.17, 15) is 9.59 Å². The summed E-state index contributed by atoms with van der Waals surface area (Å²) in [6, 6.07) is 6.42. The zero-order valence-corrected chi connectivity index (χ0v) is 15.5. The summed E-state index contributed by atoms with van der Waals surface area (Å²) in [7, 11) is 1.68. The van der Waals surface area contributed by atoms with Gasteiger partial charge in [0.25, 0.3) is 0 Å². The summed E-state index contributed by atoms with van der Waals surface area (Å²) in [6.07, 6.45) is 6.77. The largest absolute Gasteiger partial charge is 0.497 e. The average Bonchev–Trinajstić information content (AvgIpc) is 2.88. The summed E-state index contributed by atoms with van der Waals surface area (Å²) in [6.45, 7) is 4.79. The van der Waals surface area contributed by atoms with Gasteiger partial charge in [-0.3, -0.25) is 9.59 Å². The monoisotopic (exact) mass is 356 g/mol. The van der Waals surface area contributed by atoms with Crippen LogP contribution >= 0.6 is 0 Å². The molecule has 1 heterocycles. The van der Waals surface area contributed by atoms with Gasteiger partial charge in [0.1, 0.15) is 5.75 Å². The van der Waals surface area contributed by atoms with Crippen LogP contribution in [0.4, 0.5) is 0 Å². The number of carbonyl (C=O) groups is 2. The van der Waals surface area contributed by atoms with Crippen LogP contribution in [0.15, 0.2) is 30.9 Å². The lowest BCUT2D eigenvalue weighted by atomic mass is 9.94. The minimum atomic E-state index is -0.0434. The van der Waals surface area contributed by atoms with E-state index in [0.29, 0.717) is 13.1 Å². The topological polar surface area (TPSA) is 58.6 Å². The van der Waals surface area contributed by atoms with E-state index in [2.05, 4.69) is 24.0 Å². The van der Waals surface area contributed by atoms with Crippen LogP contribution < -0.4 is 10.1 Å². The summed E-state index contributed by atoms with van der Waals surface area (Å²) < 4.78 is 5.34. The van der Waals surface area contributed by atoms with Gasteiger partial charge in [0.15, 0.2) is 0 Å². The quantitative estimate of drug-likeness (QED) is 0.666. The maximum absolute atomic E-state index is 12.7. The highest BCUT2D eigenvalue weighted by Crippen LogP contribution is 2.26. The van der Waals surface area contributed by atoms with Crippen molar-refractivity contribution in [2.75, 3.05) is 20.2 Å². The van der Waals surface area contributed by atoms with E-state index in [1.807, 2.05) is 6.07 Å². The van der Waals surface area contributed by atoms with Crippen LogP contribution in [0.25, 0.3) is 0 Å². The summed E-state index contributed by atoms with van der Waals surface area (Å²) in [5.41, 5.74) is 2.64. The lowest BCUT2D eigenvalue weighted by Gasteiger charge is -2.31. The number of carbonyl (C=O) groups excluding carboxylic acids is 2. The highest BCUT2D eigenvalue weighted by molar-refractivity contribution is 5.87. The maximum Gasteiger partial charge on any atom is 0.245 e. The Hall–Kier alpha value is -2.30. The second-order valence-corrected chi connectivity index (χ2v) is 7.24. The number of nitrogens with one attached hydrogen (secondary N) is 1. The minimum Gasteiger partial charge on any atom is -0.497 e. The lowest BCUT2D eigenvalue weighted by Crippen LogP contribution is -2.45. The summed E-state index contributed by atoms with van der Waals surface area (Å²) in [4.78, 5) is 26.1. The second kappa shape index (κ2) is 8.39. The smallest absolute Gasteiger partial charge is 0.245 e. The van der Waals surface area contributed by atoms with Crippen molar-refractivity contribution >= 4 is 11.8 Å². The highest BCUT2D eigenvalue weighted by atomic mass is 16.5. The lowest BCUT2D eigenvalue weighted by molar-refractivity contribution is -0.132. The van der Waals surface area contributed by atoms with Crippen LogP contribution in [0.2, 0.25) is 0 Å². The molecule has 0 spiro atoms. The van der Waals surface area contributed by atoms with E-state index in [-0.39, 0.29) is 23.8 Å². The fraction of sp³-hybridized carbons (Fsp3) is 0.524. The van der Waals surface area contributed by atoms with Crippen molar-refractivity contribution < 1.29 is 14.3 Å². The molecule has 1 saturated heterocycles. The van der Waals surface area contributed by atoms with Crippen LogP contribution in [-0.4, -0.2) is 43.0 Å². The van der Waals surface area contributed by atoms with Crippen molar-refractivity contribution in [2.45, 2.75) is 44.6 Å². The molecular formula is C21H28N2O3. The number of benzene rings is 1. The summed E-state index contributed by atoms with van der Waals surface area (Å²) >= 11 is 0. The molecule has 2 amide bonds. The molecule has 1 fully saturated rings. The Morgan fingerprint density at radius 2 is 2.00 bits per heavy atom. The fourth-order valence-corrected chi connectivity index (χ4v) is 4.00. The van der Waals surface area contributed by atoms with Gasteiger partial charge in [0, 0.05) is 25.0 Å². The zero-order valence-electron chi connectivity index (χ0n) is 15.5. The Labute approximate surface area is 155 Å². The summed E-state index contributed by atoms with van der Waals surface area (Å²) in [5, 5.41) is 3.26. The van der Waals surface area contributed by atoms with Crippen LogP contribution in [0.1, 0.15) is 36.8 Å². The van der Waals surface area contributed by atoms with E-state index < -0.39 is 0 Å². The Balaban J connectivity index is 1.57. The van der Waals surface area contributed by atoms with E-state index in [0.717, 1.165) is 44.3 Å². The third kappa shape index (κ3) is 4.26. The molecule has 0 aromatic heterocycles. The Morgan fingerprint density at radius 1 is 1.23 bits per heavy atom. The molecule has 2 aliphatic rings. The van der Waals surface area contributed by atoms with Crippen molar-refractivity contribution in [3.63, 3.8) is 0 Å². The number of piperidine rings is 1. The van der Waals surface area contributed by atoms with Gasteiger partial charge in [-0.1, -0.05) is 12.6 Å². The van der Waals surface area contributed by atoms with Gasteiger partial charge in [0.2, 0.25) is 11.8 Å². The van der Waals surface area contributed by atoms with Gasteiger partial charge in [-0.25, -0.2) is 0 Å². The van der Waals surface area contributed by atoms with Gasteiger partial charge in [0.05, 0.1) is 7.11 Å². The minimum absolute atomic E-state index is 0.00287. The number of hydrogen-bond acceptors (Lipinski definition) is 3. The molecule has 0 bridgehead atoms. The van der Waals surface area contributed by atoms with Gasteiger partial charge in [-0.05, 0) is 67.9 Å². The Morgan fingerprint density at radius 3 is 2.69 bits per heavy atom. The first-order chi connectivity index (χ1) is 12.6. The molecule has 26 heavy (non-hydrogen) atoms. The molecule has 0 radical (unpaired) electrons. The van der Waals surface area contributed by atoms with Crippen molar-refractivity contribution in [1.82, 2.24) is 10.2 Å². The molecule has 3 rings (SSSR count). The molecule has 1 aliphatic heterocycles. The number of nitrogens with zero attached hydrogens (tertiary/aromatic N) is 1. The molecule has 1 unspecified atom stereocenters. The first-order valence-corrected chi connectivity index (χ1v) is 9.48. The highest BCUT2D eigenvalue weighted by Gasteiger charge is 2.28. The molecule has 140 valence electrons. The Bertz CT molecular complexity index is 678. The zero-order chi connectivity index (χ0) is 18.5. The van der Waals surface area contributed by atoms with Crippen LogP contribution in [0.3, 0.4) is 0 Å². The molecule has 5 heteroatoms. The third-order valence-corrected chi connectivity index (χ3v) is 5.58. The standard InChI is InChI=1S/C21H28N2O3/c1-3-20(24)23-11-9-16(10-12-23)21(25)22-18-6-4-5-15-7-8-19(26-2)14-17(15)13-18/h3,7-8,14,16,18H,1,4-6,9-13H2,2H3,(H,22,25). The number of aryl methyl sites for hydroxylation is 1. The third-order valence-electron chi connectivity index (χ3n) is 5.58. The van der Waals surface area contributed by atoms with Crippen molar-refractivity contribution in [1.29, 1.82) is 0 Å². The molecule has 1 atom stereocenters. The fourth-order valence-electron chi connectivity index (χ4n) is 4.00. The van der Waals surface area contributed by atoms with Gasteiger partial charge < -0.3 is 15.0 Å². The normalized spacial score (nSPS) is 20.7. The number of rotatable bonds is 4. The predicted octanol–water partition coefficient (Wildman–Crippen LogP) is 2.48. The molecule has 1 aliphatic carbocycles. The number of ether oxygens (including phenoxy) is 1. The predicted molar refractivity (Wildman–Crippen MR) is 101 cm³/mol. The van der Waals surface area contributed by atoms with Gasteiger partial charge >= 0.3 is 0 Å². The molecular weight excluding hydrogens is 328 g/mol. The SMILES string of the molecule is C=CC(=O)N1CCC(C(=O)NC2CCCc3ccc(OC)cc3C2)CC1. The summed E-state index contributed by atoms with van der Waals surface area (Å²) in [5.74, 6) is 0.956. The van der Waals surface area contributed by atoms with Crippen molar-refractivity contribution in [3.8, 4) is 5.75 Å². The van der Waals surface area contributed by atoms with E-state index in [1.165, 1.54) is 17.2 Å². The number of likely N-dealkylation sites (tertiary alicyclic amines) is 1. The van der Waals surface area contributed by atoms with E-state index >= 15 is 0 Å². The van der Waals surface area contributed by atoms with Gasteiger partial charge in [-0.2, -0.15) is 0 Å². The molecule has 5 nitrogen and oxygen atoms in total. The number of fused-ring (bicyclic) bond motifs is 1. The van der Waals surface area contributed by atoms with Gasteiger partial charge in [-0.15, -0.1) is 0 Å². The van der Waals surface area contributed by atoms with Crippen LogP contribution in [0, 0.1) is 5.92 Å². The molecule has 1 N–H and O–H groups in total. The number of amides is 2. The number of hydrogen-bond donors (Lipinski definition) is 1. The van der Waals surface area contributed by atoms with Crippen molar-refractivity contribution in [2.24, 2.45) is 5.92 Å². The first kappa shape index (κ1) is 18.5. The van der Waals surface area contributed by atoms with Crippen LogP contribution in [0.5, 0.6) is 5.75 Å². The maximum atomic E-state index is 12.7. The van der Waals surface area contributed by atoms with Crippen molar-refractivity contribution in [3.05, 3.63) is 42.0 Å². The average molecular weight is 356 g/mol. The molecule has 1 aromatic carbocycles. The van der Waals surface area contributed by atoms with E-state index in [4.69, 9.17) is 4.74 Å². The Kier molecular flexibility index (Phi) is 5.96. The first-order valence-electron chi connectivity index (χ1n) is 9.48. The van der Waals surface area contributed by atoms with E-state index in [1.54, 1.807) is 12.0 Å². The molecule has 0 saturated carbocycles. The number of methoxy groups -OCH3 is 1. The second-order valence-electron chi connectivity index (χ2n) is 7.24. The van der Waals surface area contributed by atoms with Crippen LogP contribution in [-0.2, 0) is 22.4 Å². The molecule has 1 aromatic rings.